The summed E-state index contributed by atoms with van der Waals surface area (Å²) in [5, 5.41) is 3.05. The highest BCUT2D eigenvalue weighted by Crippen LogP contribution is 2.18. The zero-order valence-electron chi connectivity index (χ0n) is 12.8. The van der Waals surface area contributed by atoms with Crippen LogP contribution in [0.2, 0.25) is 0 Å². The van der Waals surface area contributed by atoms with Crippen molar-refractivity contribution in [2.45, 2.75) is 27.2 Å². The fraction of sp³-hybridized carbons (Fsp3) is 0.562. The minimum atomic E-state index is 0.0363. The molecule has 1 aliphatic heterocycles. The van der Waals surface area contributed by atoms with Crippen molar-refractivity contribution in [2.75, 3.05) is 38.0 Å². The Morgan fingerprint density at radius 3 is 2.65 bits per heavy atom. The van der Waals surface area contributed by atoms with Crippen LogP contribution in [0.25, 0.3) is 0 Å². The predicted molar refractivity (Wildman–Crippen MR) is 82.4 cm³/mol. The molecule has 0 atom stereocenters. The van der Waals surface area contributed by atoms with E-state index in [0.29, 0.717) is 0 Å². The number of aryl methyl sites for hydroxylation is 1. The summed E-state index contributed by atoms with van der Waals surface area (Å²) in [6.07, 6.45) is 1.21. The van der Waals surface area contributed by atoms with Crippen molar-refractivity contribution < 1.29 is 9.69 Å². The van der Waals surface area contributed by atoms with E-state index in [0.717, 1.165) is 37.4 Å². The van der Waals surface area contributed by atoms with Gasteiger partial charge in [-0.3, -0.25) is 0 Å². The van der Waals surface area contributed by atoms with Crippen LogP contribution >= 0.6 is 0 Å². The lowest BCUT2D eigenvalue weighted by Gasteiger charge is -2.32. The number of anilines is 1. The third kappa shape index (κ3) is 3.51. The third-order valence-corrected chi connectivity index (χ3v) is 4.21. The van der Waals surface area contributed by atoms with Crippen LogP contribution in [-0.4, -0.2) is 43.7 Å². The first kappa shape index (κ1) is 14.9. The van der Waals surface area contributed by atoms with Crippen molar-refractivity contribution in [3.05, 3.63) is 29.3 Å². The number of nitrogens with one attached hydrogen (secondary N) is 2. The van der Waals surface area contributed by atoms with Crippen molar-refractivity contribution in [2.24, 2.45) is 0 Å². The largest absolute Gasteiger partial charge is 0.332 e. The number of piperazine rings is 1. The molecule has 1 aliphatic rings. The molecule has 1 aromatic carbocycles. The molecule has 4 heteroatoms. The SMILES string of the molecule is CCC[NH+]1CCN(C(=O)Nc2cccc(C)c2C)CC1. The number of amides is 2. The maximum absolute atomic E-state index is 12.3. The maximum Gasteiger partial charge on any atom is 0.322 e. The fourth-order valence-corrected chi connectivity index (χ4v) is 2.71. The summed E-state index contributed by atoms with van der Waals surface area (Å²) < 4.78 is 0. The lowest BCUT2D eigenvalue weighted by atomic mass is 10.1. The number of carbonyl (C=O) groups excluding carboxylic acids is 1. The highest BCUT2D eigenvalue weighted by molar-refractivity contribution is 5.90. The zero-order chi connectivity index (χ0) is 14.5. The molecule has 0 radical (unpaired) electrons. The molecule has 1 saturated heterocycles. The number of carbonyl (C=O) groups is 1. The molecule has 0 aliphatic carbocycles. The number of benzene rings is 1. The minimum Gasteiger partial charge on any atom is -0.332 e. The van der Waals surface area contributed by atoms with Crippen LogP contribution in [-0.2, 0) is 0 Å². The van der Waals surface area contributed by atoms with Gasteiger partial charge in [0.2, 0.25) is 0 Å². The molecule has 110 valence electrons. The van der Waals surface area contributed by atoms with E-state index in [4.69, 9.17) is 0 Å². The Hall–Kier alpha value is -1.55. The molecule has 1 heterocycles. The standard InChI is InChI=1S/C16H25N3O/c1-4-8-18-9-11-19(12-10-18)16(20)17-15-7-5-6-13(2)14(15)3/h5-7H,4,8-12H2,1-3H3,(H,17,20)/p+1. The van der Waals surface area contributed by atoms with Gasteiger partial charge in [0.05, 0.1) is 32.7 Å². The molecule has 2 N–H and O–H groups in total. The summed E-state index contributed by atoms with van der Waals surface area (Å²) in [6.45, 7) is 11.4. The third-order valence-electron chi connectivity index (χ3n) is 4.21. The normalized spacial score (nSPS) is 16.2. The molecule has 1 fully saturated rings. The van der Waals surface area contributed by atoms with E-state index in [1.807, 2.05) is 24.0 Å². The van der Waals surface area contributed by atoms with Gasteiger partial charge < -0.3 is 15.1 Å². The molecule has 4 nitrogen and oxygen atoms in total. The number of quaternary nitrogens is 1. The lowest BCUT2D eigenvalue weighted by molar-refractivity contribution is -0.904. The van der Waals surface area contributed by atoms with Crippen LogP contribution in [0, 0.1) is 13.8 Å². The van der Waals surface area contributed by atoms with Gasteiger partial charge in [0.15, 0.2) is 0 Å². The summed E-state index contributed by atoms with van der Waals surface area (Å²) in [5.74, 6) is 0. The Bertz CT molecular complexity index is 465. The van der Waals surface area contributed by atoms with E-state index < -0.39 is 0 Å². The monoisotopic (exact) mass is 276 g/mol. The first-order chi connectivity index (χ1) is 9.61. The summed E-state index contributed by atoms with van der Waals surface area (Å²) in [7, 11) is 0. The quantitative estimate of drug-likeness (QED) is 0.861. The number of hydrogen-bond acceptors (Lipinski definition) is 1. The molecule has 0 bridgehead atoms. The highest BCUT2D eigenvalue weighted by atomic mass is 16.2. The molecule has 2 amide bonds. The minimum absolute atomic E-state index is 0.0363. The first-order valence-electron chi connectivity index (χ1n) is 7.57. The van der Waals surface area contributed by atoms with Crippen LogP contribution in [0.1, 0.15) is 24.5 Å². The van der Waals surface area contributed by atoms with Gasteiger partial charge >= 0.3 is 6.03 Å². The van der Waals surface area contributed by atoms with E-state index >= 15 is 0 Å². The number of nitrogens with zero attached hydrogens (tertiary/aromatic N) is 1. The Morgan fingerprint density at radius 1 is 1.30 bits per heavy atom. The van der Waals surface area contributed by atoms with Gasteiger partial charge in [-0.1, -0.05) is 19.1 Å². The van der Waals surface area contributed by atoms with Crippen molar-refractivity contribution >= 4 is 11.7 Å². The van der Waals surface area contributed by atoms with Crippen LogP contribution in [0.15, 0.2) is 18.2 Å². The summed E-state index contributed by atoms with van der Waals surface area (Å²) >= 11 is 0. The van der Waals surface area contributed by atoms with Crippen LogP contribution in [0.5, 0.6) is 0 Å². The maximum atomic E-state index is 12.3. The van der Waals surface area contributed by atoms with Crippen molar-refractivity contribution in [3.8, 4) is 0 Å². The molecule has 0 aromatic heterocycles. The van der Waals surface area contributed by atoms with Gasteiger partial charge in [-0.2, -0.15) is 0 Å². The van der Waals surface area contributed by atoms with Crippen molar-refractivity contribution in [1.82, 2.24) is 4.90 Å². The fourth-order valence-electron chi connectivity index (χ4n) is 2.71. The number of rotatable bonds is 3. The molecule has 0 spiro atoms. The van der Waals surface area contributed by atoms with Gasteiger partial charge in [-0.25, -0.2) is 4.79 Å². The molecule has 0 saturated carbocycles. The van der Waals surface area contributed by atoms with Gasteiger partial charge in [0.25, 0.3) is 0 Å². The summed E-state index contributed by atoms with van der Waals surface area (Å²) in [6, 6.07) is 6.06. The zero-order valence-corrected chi connectivity index (χ0v) is 12.8. The topological polar surface area (TPSA) is 36.8 Å². The average Bonchev–Trinajstić information content (AvgIpc) is 2.45. The predicted octanol–water partition coefficient (Wildman–Crippen LogP) is 1.45. The van der Waals surface area contributed by atoms with Gasteiger partial charge in [-0.15, -0.1) is 0 Å². The lowest BCUT2D eigenvalue weighted by Crippen LogP contribution is -3.14. The van der Waals surface area contributed by atoms with Crippen molar-refractivity contribution in [3.63, 3.8) is 0 Å². The van der Waals surface area contributed by atoms with Crippen LogP contribution < -0.4 is 10.2 Å². The highest BCUT2D eigenvalue weighted by Gasteiger charge is 2.23. The summed E-state index contributed by atoms with van der Waals surface area (Å²) in [4.78, 5) is 15.8. The van der Waals surface area contributed by atoms with Gasteiger partial charge in [0.1, 0.15) is 0 Å². The average molecular weight is 276 g/mol. The molecular weight excluding hydrogens is 250 g/mol. The van der Waals surface area contributed by atoms with E-state index in [1.165, 1.54) is 18.5 Å². The second-order valence-corrected chi connectivity index (χ2v) is 5.66. The molecule has 2 rings (SSSR count). The molecule has 20 heavy (non-hydrogen) atoms. The van der Waals surface area contributed by atoms with Gasteiger partial charge in [0, 0.05) is 5.69 Å². The van der Waals surface area contributed by atoms with E-state index in [9.17, 15) is 4.79 Å². The van der Waals surface area contributed by atoms with Crippen molar-refractivity contribution in [1.29, 1.82) is 0 Å². The second-order valence-electron chi connectivity index (χ2n) is 5.66. The van der Waals surface area contributed by atoms with Crippen LogP contribution in [0.3, 0.4) is 0 Å². The molecule has 1 aromatic rings. The number of urea groups is 1. The molecule has 0 unspecified atom stereocenters. The van der Waals surface area contributed by atoms with Crippen LogP contribution in [0.4, 0.5) is 10.5 Å². The Labute approximate surface area is 121 Å². The summed E-state index contributed by atoms with van der Waals surface area (Å²) in [5.41, 5.74) is 3.29. The Balaban J connectivity index is 1.91. The first-order valence-corrected chi connectivity index (χ1v) is 7.57. The van der Waals surface area contributed by atoms with Gasteiger partial charge in [-0.05, 0) is 37.5 Å². The van der Waals surface area contributed by atoms with E-state index in [-0.39, 0.29) is 6.03 Å². The van der Waals surface area contributed by atoms with E-state index in [2.05, 4.69) is 25.2 Å². The smallest absolute Gasteiger partial charge is 0.322 e. The Morgan fingerprint density at radius 2 is 2.00 bits per heavy atom. The van der Waals surface area contributed by atoms with E-state index in [1.54, 1.807) is 4.90 Å². The number of hydrogen-bond donors (Lipinski definition) is 2. The molecular formula is C16H26N3O+. The second kappa shape index (κ2) is 6.75. The Kier molecular flexibility index (Phi) is 5.01.